The number of fused-ring (bicyclic) bond motifs is 1. The van der Waals surface area contributed by atoms with Gasteiger partial charge in [0.05, 0.1) is 42.6 Å². The van der Waals surface area contributed by atoms with Crippen LogP contribution in [0.1, 0.15) is 5.69 Å². The van der Waals surface area contributed by atoms with Gasteiger partial charge in [-0.25, -0.2) is 10.8 Å². The second kappa shape index (κ2) is 5.14. The molecule has 0 fully saturated rings. The maximum Gasteiger partial charge on any atom is 0.243 e. The molecule has 102 valence electrons. The lowest BCUT2D eigenvalue weighted by atomic mass is 10.2. The van der Waals surface area contributed by atoms with E-state index in [1.54, 1.807) is 12.4 Å². The van der Waals surface area contributed by atoms with E-state index in [1.165, 1.54) is 0 Å². The lowest BCUT2D eigenvalue weighted by molar-refractivity contribution is -0.115. The number of aromatic nitrogens is 2. The number of nitrogens with two attached hydrogens (primary N) is 1. The van der Waals surface area contributed by atoms with Crippen LogP contribution in [-0.2, 0) is 11.3 Å². The number of hydrogen-bond acceptors (Lipinski definition) is 6. The van der Waals surface area contributed by atoms with Crippen molar-refractivity contribution in [3.05, 3.63) is 42.4 Å². The van der Waals surface area contributed by atoms with Crippen LogP contribution in [0, 0.1) is 0 Å². The monoisotopic (exact) mass is 270 g/mol. The summed E-state index contributed by atoms with van der Waals surface area (Å²) in [5.41, 5.74) is 5.00. The van der Waals surface area contributed by atoms with E-state index in [0.29, 0.717) is 18.9 Å². The number of hydrogen-bond donors (Lipinski definition) is 3. The second-order valence-electron chi connectivity index (χ2n) is 4.46. The minimum absolute atomic E-state index is 0.0306. The molecule has 1 aliphatic heterocycles. The molecule has 0 atom stereocenters. The van der Waals surface area contributed by atoms with Crippen LogP contribution in [0.4, 0.5) is 17.2 Å². The highest BCUT2D eigenvalue weighted by atomic mass is 16.2. The van der Waals surface area contributed by atoms with Crippen molar-refractivity contribution in [1.82, 2.24) is 9.97 Å². The fourth-order valence-corrected chi connectivity index (χ4v) is 2.15. The van der Waals surface area contributed by atoms with E-state index in [-0.39, 0.29) is 5.91 Å². The smallest absolute Gasteiger partial charge is 0.243 e. The fourth-order valence-electron chi connectivity index (χ4n) is 2.15. The molecule has 1 amide bonds. The summed E-state index contributed by atoms with van der Waals surface area (Å²) in [5, 5.41) is 2.85. The summed E-state index contributed by atoms with van der Waals surface area (Å²) < 4.78 is 0. The Hall–Kier alpha value is -2.67. The average molecular weight is 270 g/mol. The Kier molecular flexibility index (Phi) is 3.18. The van der Waals surface area contributed by atoms with Gasteiger partial charge in [0.25, 0.3) is 0 Å². The first kappa shape index (κ1) is 12.4. The molecular formula is C13H14N6O. The van der Waals surface area contributed by atoms with E-state index in [1.807, 2.05) is 29.2 Å². The van der Waals surface area contributed by atoms with Crippen molar-refractivity contribution < 1.29 is 4.79 Å². The van der Waals surface area contributed by atoms with Crippen LogP contribution in [0.2, 0.25) is 0 Å². The first-order valence-electron chi connectivity index (χ1n) is 6.17. The normalized spacial score (nSPS) is 13.7. The summed E-state index contributed by atoms with van der Waals surface area (Å²) in [6.07, 6.45) is 3.20. The number of nitrogens with one attached hydrogen (secondary N) is 2. The van der Waals surface area contributed by atoms with Gasteiger partial charge >= 0.3 is 0 Å². The van der Waals surface area contributed by atoms with Crippen molar-refractivity contribution in [2.24, 2.45) is 5.84 Å². The zero-order valence-electron chi connectivity index (χ0n) is 10.7. The Morgan fingerprint density at radius 3 is 2.90 bits per heavy atom. The first-order chi connectivity index (χ1) is 9.76. The maximum absolute atomic E-state index is 11.7. The van der Waals surface area contributed by atoms with E-state index in [4.69, 9.17) is 5.84 Å². The first-order valence-corrected chi connectivity index (χ1v) is 6.17. The Morgan fingerprint density at radius 1 is 1.30 bits per heavy atom. The lowest BCUT2D eigenvalue weighted by Crippen LogP contribution is -2.37. The number of para-hydroxylation sites is 2. The van der Waals surface area contributed by atoms with Gasteiger partial charge in [-0.05, 0) is 12.1 Å². The summed E-state index contributed by atoms with van der Waals surface area (Å²) in [4.78, 5) is 22.1. The molecule has 0 spiro atoms. The molecule has 2 aromatic rings. The number of anilines is 3. The fraction of sp³-hybridized carbons (Fsp3) is 0.154. The van der Waals surface area contributed by atoms with E-state index < -0.39 is 0 Å². The molecule has 1 aromatic carbocycles. The van der Waals surface area contributed by atoms with Gasteiger partial charge in [-0.3, -0.25) is 9.78 Å². The number of amides is 1. The molecular weight excluding hydrogens is 256 g/mol. The van der Waals surface area contributed by atoms with Crippen molar-refractivity contribution in [3.8, 4) is 0 Å². The Morgan fingerprint density at radius 2 is 2.15 bits per heavy atom. The number of nitrogens with zero attached hydrogens (tertiary/aromatic N) is 3. The third-order valence-corrected chi connectivity index (χ3v) is 3.06. The van der Waals surface area contributed by atoms with Gasteiger partial charge in [0, 0.05) is 0 Å². The predicted octanol–water partition coefficient (Wildman–Crippen LogP) is 0.721. The minimum Gasteiger partial charge on any atom is -0.355 e. The highest BCUT2D eigenvalue weighted by Gasteiger charge is 2.21. The largest absolute Gasteiger partial charge is 0.355 e. The highest BCUT2D eigenvalue weighted by Crippen LogP contribution is 2.29. The van der Waals surface area contributed by atoms with Crippen molar-refractivity contribution in [3.63, 3.8) is 0 Å². The molecule has 1 aliphatic rings. The SMILES string of the molecule is NNc1cnc(CN2CC(=O)Nc3ccccc32)cn1. The van der Waals surface area contributed by atoms with Crippen LogP contribution in [-0.4, -0.2) is 22.4 Å². The van der Waals surface area contributed by atoms with Crippen LogP contribution in [0.15, 0.2) is 36.7 Å². The molecule has 4 N–H and O–H groups in total. The molecule has 3 rings (SSSR count). The molecule has 0 unspecified atom stereocenters. The molecule has 0 saturated heterocycles. The van der Waals surface area contributed by atoms with E-state index >= 15 is 0 Å². The minimum atomic E-state index is -0.0306. The van der Waals surface area contributed by atoms with Gasteiger partial charge in [-0.1, -0.05) is 12.1 Å². The van der Waals surface area contributed by atoms with Crippen LogP contribution >= 0.6 is 0 Å². The van der Waals surface area contributed by atoms with Crippen molar-refractivity contribution >= 4 is 23.1 Å². The molecule has 7 nitrogen and oxygen atoms in total. The average Bonchev–Trinajstić information content (AvgIpc) is 2.48. The summed E-state index contributed by atoms with van der Waals surface area (Å²) >= 11 is 0. The zero-order valence-corrected chi connectivity index (χ0v) is 10.7. The maximum atomic E-state index is 11.7. The van der Waals surface area contributed by atoms with Gasteiger partial charge in [-0.2, -0.15) is 0 Å². The molecule has 2 heterocycles. The van der Waals surface area contributed by atoms with Gasteiger partial charge in [-0.15, -0.1) is 0 Å². The zero-order chi connectivity index (χ0) is 13.9. The number of carbonyl (C=O) groups is 1. The van der Waals surface area contributed by atoms with Gasteiger partial charge in [0.2, 0.25) is 5.91 Å². The second-order valence-corrected chi connectivity index (χ2v) is 4.46. The standard InChI is InChI=1S/C13H14N6O/c14-18-12-6-15-9(5-16-12)7-19-8-13(20)17-10-3-1-2-4-11(10)19/h1-6H,7-8,14H2,(H,16,18)(H,17,20). The number of rotatable bonds is 3. The lowest BCUT2D eigenvalue weighted by Gasteiger charge is -2.30. The van der Waals surface area contributed by atoms with Crippen molar-refractivity contribution in [2.45, 2.75) is 6.54 Å². The summed E-state index contributed by atoms with van der Waals surface area (Å²) in [6, 6.07) is 7.69. The summed E-state index contributed by atoms with van der Waals surface area (Å²) in [5.74, 6) is 5.72. The molecule has 0 saturated carbocycles. The molecule has 0 radical (unpaired) electrons. The van der Waals surface area contributed by atoms with Crippen molar-refractivity contribution in [2.75, 3.05) is 22.2 Å². The van der Waals surface area contributed by atoms with Gasteiger partial charge in [0.1, 0.15) is 0 Å². The topological polar surface area (TPSA) is 96.2 Å². The quantitative estimate of drug-likeness (QED) is 0.562. The number of benzene rings is 1. The van der Waals surface area contributed by atoms with Gasteiger partial charge < -0.3 is 15.6 Å². The Bertz CT molecular complexity index is 627. The van der Waals surface area contributed by atoms with E-state index in [2.05, 4.69) is 20.7 Å². The molecule has 7 heteroatoms. The molecule has 0 bridgehead atoms. The Balaban J connectivity index is 1.85. The van der Waals surface area contributed by atoms with Gasteiger partial charge in [0.15, 0.2) is 5.82 Å². The van der Waals surface area contributed by atoms with Crippen LogP contribution in [0.5, 0.6) is 0 Å². The molecule has 20 heavy (non-hydrogen) atoms. The third-order valence-electron chi connectivity index (χ3n) is 3.06. The highest BCUT2D eigenvalue weighted by molar-refractivity contribution is 6.01. The Labute approximate surface area is 115 Å². The number of nitrogen functional groups attached to an aromatic ring is 1. The van der Waals surface area contributed by atoms with Crippen LogP contribution in [0.25, 0.3) is 0 Å². The van der Waals surface area contributed by atoms with Crippen LogP contribution < -0.4 is 21.5 Å². The predicted molar refractivity (Wildman–Crippen MR) is 76.0 cm³/mol. The van der Waals surface area contributed by atoms with E-state index in [9.17, 15) is 4.79 Å². The number of carbonyl (C=O) groups excluding carboxylic acids is 1. The molecule has 1 aromatic heterocycles. The third kappa shape index (κ3) is 2.39. The molecule has 0 aliphatic carbocycles. The summed E-state index contributed by atoms with van der Waals surface area (Å²) in [7, 11) is 0. The summed E-state index contributed by atoms with van der Waals surface area (Å²) in [6.45, 7) is 0.817. The number of hydrazine groups is 1. The van der Waals surface area contributed by atoms with Crippen molar-refractivity contribution in [1.29, 1.82) is 0 Å². The van der Waals surface area contributed by atoms with E-state index in [0.717, 1.165) is 17.1 Å². The van der Waals surface area contributed by atoms with Crippen LogP contribution in [0.3, 0.4) is 0 Å².